The van der Waals surface area contributed by atoms with Crippen LogP contribution < -0.4 is 0 Å². The van der Waals surface area contributed by atoms with Gasteiger partial charge in [-0.1, -0.05) is 92.8 Å². The van der Waals surface area contributed by atoms with Crippen LogP contribution in [-0.2, 0) is 19.1 Å². The second-order valence-corrected chi connectivity index (χ2v) is 7.88. The van der Waals surface area contributed by atoms with Crippen molar-refractivity contribution in [3.8, 4) is 0 Å². The van der Waals surface area contributed by atoms with E-state index in [9.17, 15) is 9.59 Å². The number of benzene rings is 2. The number of hydrogen-bond donors (Lipinski definition) is 0. The van der Waals surface area contributed by atoms with Crippen molar-refractivity contribution >= 4 is 17.7 Å². The minimum absolute atomic E-state index is 0.128. The molecule has 0 aromatic heterocycles. The number of ether oxygens (including phenoxy) is 2. The molecule has 0 aliphatic rings. The summed E-state index contributed by atoms with van der Waals surface area (Å²) in [5, 5.41) is 0. The lowest BCUT2D eigenvalue weighted by Crippen LogP contribution is -2.17. The van der Waals surface area contributed by atoms with Gasteiger partial charge in [-0.15, -0.1) is 0 Å². The van der Waals surface area contributed by atoms with Crippen molar-refractivity contribution in [3.05, 3.63) is 71.8 Å². The number of carbonyl (C=O) groups excluding carboxylic acids is 2. The minimum atomic E-state index is -0.234. The Hall–Kier alpha value is -2.95. The first-order valence-corrected chi connectivity index (χ1v) is 11.5. The smallest absolute Gasteiger partial charge is 0.307 e. The molecule has 0 bridgehead atoms. The van der Waals surface area contributed by atoms with Gasteiger partial charge in [0.15, 0.2) is 0 Å². The highest BCUT2D eigenvalue weighted by Crippen LogP contribution is 2.18. The molecule has 1 atom stereocenters. The molecule has 0 saturated heterocycles. The van der Waals surface area contributed by atoms with Crippen LogP contribution in [-0.4, -0.2) is 37.9 Å². The van der Waals surface area contributed by atoms with Crippen LogP contribution >= 0.6 is 0 Å². The fourth-order valence-electron chi connectivity index (χ4n) is 3.64. The Morgan fingerprint density at radius 3 is 1.75 bits per heavy atom. The maximum atomic E-state index is 12.0. The fraction of sp³-hybridized carbons (Fsp3) is 0.444. The van der Waals surface area contributed by atoms with E-state index in [4.69, 9.17) is 9.73 Å². The molecule has 0 radical (unpaired) electrons. The molecule has 172 valence electrons. The summed E-state index contributed by atoms with van der Waals surface area (Å²) in [5.74, 6) is -0.372. The minimum Gasteiger partial charge on any atom is -0.469 e. The van der Waals surface area contributed by atoms with Gasteiger partial charge >= 0.3 is 11.9 Å². The van der Waals surface area contributed by atoms with Gasteiger partial charge in [0.05, 0.1) is 32.4 Å². The Bertz CT molecular complexity index is 792. The standard InChI is InChI=1S/C27H35NO4/c1-31-25(29)20-14-6-4-3-5-13-19-24(21-26(30)32-2)28-27(22-15-9-7-10-16-22)23-17-11-8-12-18-23/h7-12,15-18,24H,3-6,13-14,19-21H2,1-2H3. The normalized spacial score (nSPS) is 11.4. The van der Waals surface area contributed by atoms with Gasteiger partial charge in [0.2, 0.25) is 0 Å². The Balaban J connectivity index is 1.99. The fourth-order valence-corrected chi connectivity index (χ4v) is 3.64. The Morgan fingerprint density at radius 1 is 0.719 bits per heavy atom. The maximum absolute atomic E-state index is 12.0. The van der Waals surface area contributed by atoms with Gasteiger partial charge in [0.1, 0.15) is 0 Å². The first-order chi connectivity index (χ1) is 15.6. The van der Waals surface area contributed by atoms with Crippen molar-refractivity contribution in [1.82, 2.24) is 0 Å². The third kappa shape index (κ3) is 9.46. The average molecular weight is 438 g/mol. The molecule has 1 unspecified atom stereocenters. The molecule has 2 rings (SSSR count). The van der Waals surface area contributed by atoms with Crippen molar-refractivity contribution < 1.29 is 19.1 Å². The monoisotopic (exact) mass is 437 g/mol. The van der Waals surface area contributed by atoms with Crippen molar-refractivity contribution in [2.24, 2.45) is 4.99 Å². The van der Waals surface area contributed by atoms with Gasteiger partial charge in [-0.3, -0.25) is 14.6 Å². The second kappa shape index (κ2) is 15.0. The molecular weight excluding hydrogens is 402 g/mol. The summed E-state index contributed by atoms with van der Waals surface area (Å²) in [7, 11) is 2.85. The quantitative estimate of drug-likeness (QED) is 0.214. The van der Waals surface area contributed by atoms with E-state index >= 15 is 0 Å². The van der Waals surface area contributed by atoms with Crippen LogP contribution in [0.5, 0.6) is 0 Å². The van der Waals surface area contributed by atoms with Gasteiger partial charge in [0, 0.05) is 17.5 Å². The number of hydrogen-bond acceptors (Lipinski definition) is 5. The Kier molecular flexibility index (Phi) is 11.8. The van der Waals surface area contributed by atoms with Gasteiger partial charge in [-0.05, 0) is 12.8 Å². The number of carbonyl (C=O) groups is 2. The van der Waals surface area contributed by atoms with Crippen LogP contribution in [0.2, 0.25) is 0 Å². The number of methoxy groups -OCH3 is 2. The number of rotatable bonds is 14. The lowest BCUT2D eigenvalue weighted by Gasteiger charge is -2.15. The summed E-state index contributed by atoms with van der Waals surface area (Å²) in [6.07, 6.45) is 7.80. The molecule has 0 spiro atoms. The summed E-state index contributed by atoms with van der Waals surface area (Å²) < 4.78 is 9.60. The highest BCUT2D eigenvalue weighted by molar-refractivity contribution is 6.13. The highest BCUT2D eigenvalue weighted by atomic mass is 16.5. The van der Waals surface area contributed by atoms with Crippen LogP contribution in [0.25, 0.3) is 0 Å². The predicted molar refractivity (Wildman–Crippen MR) is 128 cm³/mol. The third-order valence-corrected chi connectivity index (χ3v) is 5.43. The zero-order chi connectivity index (χ0) is 23.0. The van der Waals surface area contributed by atoms with Crippen molar-refractivity contribution in [3.63, 3.8) is 0 Å². The molecule has 0 aliphatic carbocycles. The molecule has 5 nitrogen and oxygen atoms in total. The zero-order valence-corrected chi connectivity index (χ0v) is 19.3. The number of unbranched alkanes of at least 4 members (excludes halogenated alkanes) is 5. The van der Waals surface area contributed by atoms with E-state index in [1.165, 1.54) is 14.2 Å². The molecule has 2 aromatic rings. The van der Waals surface area contributed by atoms with Crippen LogP contribution in [0.4, 0.5) is 0 Å². The molecular formula is C27H35NO4. The zero-order valence-electron chi connectivity index (χ0n) is 19.3. The number of aliphatic imine (C=N–C) groups is 1. The Labute approximate surface area is 191 Å². The number of nitrogens with zero attached hydrogens (tertiary/aromatic N) is 1. The molecule has 32 heavy (non-hydrogen) atoms. The second-order valence-electron chi connectivity index (χ2n) is 7.88. The van der Waals surface area contributed by atoms with Gasteiger partial charge in [-0.2, -0.15) is 0 Å². The molecule has 2 aromatic carbocycles. The van der Waals surface area contributed by atoms with E-state index in [1.807, 2.05) is 36.4 Å². The SMILES string of the molecule is COC(=O)CCCCCCCCC(CC(=O)OC)N=C(c1ccccc1)c1ccccc1. The molecule has 0 saturated carbocycles. The predicted octanol–water partition coefficient (Wildman–Crippen LogP) is 5.75. The van der Waals surface area contributed by atoms with Gasteiger partial charge < -0.3 is 9.47 Å². The topological polar surface area (TPSA) is 65.0 Å². The highest BCUT2D eigenvalue weighted by Gasteiger charge is 2.16. The van der Waals surface area contributed by atoms with Gasteiger partial charge in [0.25, 0.3) is 0 Å². The number of esters is 2. The van der Waals surface area contributed by atoms with E-state index in [2.05, 4.69) is 29.0 Å². The van der Waals surface area contributed by atoms with Crippen molar-refractivity contribution in [1.29, 1.82) is 0 Å². The molecule has 0 fully saturated rings. The molecule has 5 heteroatoms. The van der Waals surface area contributed by atoms with Crippen molar-refractivity contribution in [2.75, 3.05) is 14.2 Å². The summed E-state index contributed by atoms with van der Waals surface area (Å²) in [5.41, 5.74) is 2.99. The van der Waals surface area contributed by atoms with Crippen LogP contribution in [0.3, 0.4) is 0 Å². The van der Waals surface area contributed by atoms with Crippen LogP contribution in [0, 0.1) is 0 Å². The van der Waals surface area contributed by atoms with Gasteiger partial charge in [-0.25, -0.2) is 0 Å². The third-order valence-electron chi connectivity index (χ3n) is 5.43. The van der Waals surface area contributed by atoms with E-state index < -0.39 is 0 Å². The lowest BCUT2D eigenvalue weighted by molar-refractivity contribution is -0.141. The average Bonchev–Trinajstić information content (AvgIpc) is 2.84. The van der Waals surface area contributed by atoms with Crippen LogP contribution in [0.15, 0.2) is 65.7 Å². The molecule has 0 aliphatic heterocycles. The molecule has 0 heterocycles. The summed E-state index contributed by atoms with van der Waals surface area (Å²) in [6.45, 7) is 0. The van der Waals surface area contributed by atoms with E-state index in [1.54, 1.807) is 0 Å². The summed E-state index contributed by atoms with van der Waals surface area (Å²) in [4.78, 5) is 28.2. The lowest BCUT2D eigenvalue weighted by atomic mass is 10.00. The van der Waals surface area contributed by atoms with E-state index in [-0.39, 0.29) is 24.4 Å². The largest absolute Gasteiger partial charge is 0.469 e. The van der Waals surface area contributed by atoms with Crippen LogP contribution in [0.1, 0.15) is 68.9 Å². The van der Waals surface area contributed by atoms with E-state index in [0.717, 1.165) is 61.8 Å². The summed E-state index contributed by atoms with van der Waals surface area (Å²) in [6, 6.07) is 20.1. The maximum Gasteiger partial charge on any atom is 0.307 e. The summed E-state index contributed by atoms with van der Waals surface area (Å²) >= 11 is 0. The van der Waals surface area contributed by atoms with E-state index in [0.29, 0.717) is 6.42 Å². The first-order valence-electron chi connectivity index (χ1n) is 11.5. The molecule has 0 N–H and O–H groups in total. The Morgan fingerprint density at radius 2 is 1.22 bits per heavy atom. The first kappa shape index (κ1) is 25.3. The molecule has 0 amide bonds. The van der Waals surface area contributed by atoms with Crippen molar-refractivity contribution in [2.45, 2.75) is 63.8 Å².